The second-order valence-electron chi connectivity index (χ2n) is 3.34. The van der Waals surface area contributed by atoms with E-state index >= 15 is 0 Å². The molecule has 0 bridgehead atoms. The van der Waals surface area contributed by atoms with Crippen LogP contribution in [0, 0.1) is 13.8 Å². The SMILES string of the molecule is CSc1nc(N)cc(Sc2nc(C)c(C)o2)n1. The van der Waals surface area contributed by atoms with Gasteiger partial charge >= 0.3 is 0 Å². The summed E-state index contributed by atoms with van der Waals surface area (Å²) in [5.41, 5.74) is 6.58. The molecular weight excluding hydrogens is 256 g/mol. The molecule has 0 aliphatic heterocycles. The summed E-state index contributed by atoms with van der Waals surface area (Å²) >= 11 is 2.79. The second kappa shape index (κ2) is 4.97. The van der Waals surface area contributed by atoms with Gasteiger partial charge < -0.3 is 10.2 Å². The van der Waals surface area contributed by atoms with E-state index in [0.29, 0.717) is 16.2 Å². The highest BCUT2D eigenvalue weighted by Gasteiger charge is 2.10. The monoisotopic (exact) mass is 268 g/mol. The van der Waals surface area contributed by atoms with Crippen LogP contribution in [0.4, 0.5) is 5.82 Å². The average molecular weight is 268 g/mol. The van der Waals surface area contributed by atoms with Crippen LogP contribution in [0.3, 0.4) is 0 Å². The van der Waals surface area contributed by atoms with Gasteiger partial charge in [0.15, 0.2) is 5.16 Å². The summed E-state index contributed by atoms with van der Waals surface area (Å²) in [6.07, 6.45) is 1.91. The summed E-state index contributed by atoms with van der Waals surface area (Å²) in [5.74, 6) is 1.27. The number of nitrogens with two attached hydrogens (primary N) is 1. The largest absolute Gasteiger partial charge is 0.436 e. The van der Waals surface area contributed by atoms with Crippen LogP contribution in [0.25, 0.3) is 0 Å². The number of nitrogen functional groups attached to an aromatic ring is 1. The minimum atomic E-state index is 0.451. The summed E-state index contributed by atoms with van der Waals surface area (Å²) < 4.78 is 5.48. The van der Waals surface area contributed by atoms with Gasteiger partial charge in [-0.2, -0.15) is 0 Å². The molecule has 2 heterocycles. The van der Waals surface area contributed by atoms with Crippen molar-refractivity contribution in [1.82, 2.24) is 15.0 Å². The van der Waals surface area contributed by atoms with E-state index in [4.69, 9.17) is 10.2 Å². The van der Waals surface area contributed by atoms with Crippen LogP contribution in [0.15, 0.2) is 25.9 Å². The molecule has 5 nitrogen and oxygen atoms in total. The van der Waals surface area contributed by atoms with Gasteiger partial charge in [0.05, 0.1) is 5.69 Å². The Morgan fingerprint density at radius 2 is 2.00 bits per heavy atom. The molecule has 7 heteroatoms. The van der Waals surface area contributed by atoms with Gasteiger partial charge in [-0.1, -0.05) is 11.8 Å². The van der Waals surface area contributed by atoms with Crippen molar-refractivity contribution in [1.29, 1.82) is 0 Å². The molecule has 2 N–H and O–H groups in total. The third-order valence-corrected chi connectivity index (χ3v) is 3.40. The maximum Gasteiger partial charge on any atom is 0.262 e. The second-order valence-corrected chi connectivity index (χ2v) is 5.09. The summed E-state index contributed by atoms with van der Waals surface area (Å²) in [7, 11) is 0. The highest BCUT2D eigenvalue weighted by Crippen LogP contribution is 2.28. The molecule has 2 aromatic heterocycles. The van der Waals surface area contributed by atoms with Gasteiger partial charge in [-0.25, -0.2) is 15.0 Å². The lowest BCUT2D eigenvalue weighted by Crippen LogP contribution is -1.95. The van der Waals surface area contributed by atoms with Gasteiger partial charge in [0.25, 0.3) is 5.22 Å². The summed E-state index contributed by atoms with van der Waals surface area (Å²) in [6, 6.07) is 1.71. The van der Waals surface area contributed by atoms with Gasteiger partial charge in [0.1, 0.15) is 16.6 Å². The van der Waals surface area contributed by atoms with Crippen LogP contribution >= 0.6 is 23.5 Å². The molecule has 90 valence electrons. The van der Waals surface area contributed by atoms with Crippen LogP contribution < -0.4 is 5.73 Å². The van der Waals surface area contributed by atoms with Crippen molar-refractivity contribution >= 4 is 29.3 Å². The zero-order chi connectivity index (χ0) is 12.4. The smallest absolute Gasteiger partial charge is 0.262 e. The number of hydrogen-bond donors (Lipinski definition) is 1. The standard InChI is InChI=1S/C10H12N4OS2/c1-5-6(2)15-10(12-5)17-8-4-7(11)13-9(14-8)16-3/h4H,1-3H3,(H2,11,13,14). The third kappa shape index (κ3) is 2.92. The highest BCUT2D eigenvalue weighted by molar-refractivity contribution is 7.99. The molecule has 0 aromatic carbocycles. The first-order valence-electron chi connectivity index (χ1n) is 4.89. The molecular formula is C10H12N4OS2. The fraction of sp³-hybridized carbons (Fsp3) is 0.300. The molecule has 2 aromatic rings. The Hall–Kier alpha value is -1.21. The van der Waals surface area contributed by atoms with E-state index in [9.17, 15) is 0 Å². The van der Waals surface area contributed by atoms with Crippen molar-refractivity contribution in [2.24, 2.45) is 0 Å². The molecule has 0 saturated heterocycles. The van der Waals surface area contributed by atoms with Crippen molar-refractivity contribution < 1.29 is 4.42 Å². The first-order valence-corrected chi connectivity index (χ1v) is 6.93. The molecule has 0 atom stereocenters. The Kier molecular flexibility index (Phi) is 3.58. The van der Waals surface area contributed by atoms with Gasteiger partial charge in [0.2, 0.25) is 0 Å². The molecule has 0 saturated carbocycles. The van der Waals surface area contributed by atoms with Crippen LogP contribution in [0.5, 0.6) is 0 Å². The van der Waals surface area contributed by atoms with Crippen LogP contribution in [-0.2, 0) is 0 Å². The minimum absolute atomic E-state index is 0.451. The van der Waals surface area contributed by atoms with E-state index in [1.54, 1.807) is 6.07 Å². The predicted octanol–water partition coefficient (Wildman–Crippen LogP) is 2.54. The maximum atomic E-state index is 5.69. The normalized spacial score (nSPS) is 10.8. The number of aryl methyl sites for hydroxylation is 2. The van der Waals surface area contributed by atoms with Crippen molar-refractivity contribution in [3.63, 3.8) is 0 Å². The zero-order valence-corrected chi connectivity index (χ0v) is 11.4. The average Bonchev–Trinajstić information content (AvgIpc) is 2.57. The third-order valence-electron chi connectivity index (χ3n) is 2.09. The van der Waals surface area contributed by atoms with Crippen LogP contribution in [0.2, 0.25) is 0 Å². The Labute approximate surface area is 108 Å². The van der Waals surface area contributed by atoms with E-state index in [1.165, 1.54) is 23.5 Å². The number of oxazole rings is 1. The Morgan fingerprint density at radius 1 is 1.24 bits per heavy atom. The van der Waals surface area contributed by atoms with E-state index < -0.39 is 0 Å². The molecule has 0 unspecified atom stereocenters. The molecule has 2 rings (SSSR count). The summed E-state index contributed by atoms with van der Waals surface area (Å²) in [6.45, 7) is 3.79. The van der Waals surface area contributed by atoms with E-state index in [-0.39, 0.29) is 0 Å². The molecule has 0 radical (unpaired) electrons. The number of hydrogen-bond acceptors (Lipinski definition) is 7. The Balaban J connectivity index is 2.26. The van der Waals surface area contributed by atoms with Crippen LogP contribution in [-0.4, -0.2) is 21.2 Å². The summed E-state index contributed by atoms with van der Waals surface area (Å²) in [4.78, 5) is 12.7. The lowest BCUT2D eigenvalue weighted by Gasteiger charge is -2.00. The van der Waals surface area contributed by atoms with Gasteiger partial charge in [-0.15, -0.1) is 0 Å². The fourth-order valence-corrected chi connectivity index (χ4v) is 2.42. The Morgan fingerprint density at radius 3 is 2.59 bits per heavy atom. The first-order chi connectivity index (χ1) is 8.08. The minimum Gasteiger partial charge on any atom is -0.436 e. The van der Waals surface area contributed by atoms with Crippen molar-refractivity contribution in [2.75, 3.05) is 12.0 Å². The molecule has 0 spiro atoms. The lowest BCUT2D eigenvalue weighted by molar-refractivity contribution is 0.431. The lowest BCUT2D eigenvalue weighted by atomic mass is 10.4. The zero-order valence-electron chi connectivity index (χ0n) is 9.72. The quantitative estimate of drug-likeness (QED) is 0.520. The van der Waals surface area contributed by atoms with E-state index in [1.807, 2.05) is 20.1 Å². The maximum absolute atomic E-state index is 5.69. The van der Waals surface area contributed by atoms with Crippen molar-refractivity contribution in [3.8, 4) is 0 Å². The van der Waals surface area contributed by atoms with E-state index in [0.717, 1.165) is 16.5 Å². The first kappa shape index (κ1) is 12.3. The molecule has 0 aliphatic rings. The number of anilines is 1. The highest BCUT2D eigenvalue weighted by atomic mass is 32.2. The predicted molar refractivity (Wildman–Crippen MR) is 68.3 cm³/mol. The number of rotatable bonds is 3. The Bertz CT molecular complexity index is 522. The van der Waals surface area contributed by atoms with Gasteiger partial charge in [0, 0.05) is 6.07 Å². The van der Waals surface area contributed by atoms with Gasteiger partial charge in [-0.05, 0) is 31.9 Å². The molecule has 0 fully saturated rings. The number of thioether (sulfide) groups is 1. The number of aromatic nitrogens is 3. The van der Waals surface area contributed by atoms with Crippen LogP contribution in [0.1, 0.15) is 11.5 Å². The molecule has 0 amide bonds. The fourth-order valence-electron chi connectivity index (χ4n) is 1.14. The molecule has 17 heavy (non-hydrogen) atoms. The van der Waals surface area contributed by atoms with Crippen molar-refractivity contribution in [3.05, 3.63) is 17.5 Å². The summed E-state index contributed by atoms with van der Waals surface area (Å²) in [5, 5.41) is 1.96. The van der Waals surface area contributed by atoms with Crippen molar-refractivity contribution in [2.45, 2.75) is 29.3 Å². The molecule has 0 aliphatic carbocycles. The topological polar surface area (TPSA) is 77.8 Å². The number of nitrogens with zero attached hydrogens (tertiary/aromatic N) is 3. The van der Waals surface area contributed by atoms with Gasteiger partial charge in [-0.3, -0.25) is 0 Å². The van der Waals surface area contributed by atoms with E-state index in [2.05, 4.69) is 15.0 Å².